The molecule has 0 aliphatic rings. The van der Waals surface area contributed by atoms with Crippen LogP contribution in [0.1, 0.15) is 12.0 Å². The van der Waals surface area contributed by atoms with Gasteiger partial charge >= 0.3 is 0 Å². The molecule has 0 aliphatic heterocycles. The topological polar surface area (TPSA) is 9.23 Å². The van der Waals surface area contributed by atoms with Crippen molar-refractivity contribution < 1.29 is 4.74 Å². The summed E-state index contributed by atoms with van der Waals surface area (Å²) < 4.78 is 5.28. The fraction of sp³-hybridized carbons (Fsp3) is 0.455. The number of rotatable bonds is 6. The lowest BCUT2D eigenvalue weighted by molar-refractivity contribution is 0.411. The molecule has 1 rings (SSSR count). The zero-order chi connectivity index (χ0) is 10.2. The minimum atomic E-state index is 0.999. The van der Waals surface area contributed by atoms with Crippen molar-refractivity contribution in [2.24, 2.45) is 0 Å². The zero-order valence-corrected chi connectivity index (χ0v) is 10.7. The van der Waals surface area contributed by atoms with Gasteiger partial charge in [0.1, 0.15) is 5.75 Å². The van der Waals surface area contributed by atoms with Gasteiger partial charge < -0.3 is 4.74 Å². The predicted octanol–water partition coefficient (Wildman–Crippen LogP) is 3.71. The normalized spacial score (nSPS) is 10.1. The first kappa shape index (κ1) is 11.9. The second kappa shape index (κ2) is 7.18. The third-order valence-electron chi connectivity index (χ3n) is 1.87. The second-order valence-corrected chi connectivity index (χ2v) is 4.81. The Labute approximate surface area is 98.4 Å². The maximum atomic E-state index is 5.28. The van der Waals surface area contributed by atoms with Crippen molar-refractivity contribution in [3.63, 3.8) is 0 Å². The average Bonchev–Trinajstić information content (AvgIpc) is 2.25. The summed E-state index contributed by atoms with van der Waals surface area (Å²) in [7, 11) is 1.72. The Bertz CT molecular complexity index is 265. The molecule has 0 aromatic heterocycles. The van der Waals surface area contributed by atoms with Crippen LogP contribution in [0, 0.1) is 0 Å². The molecule has 0 heterocycles. The third kappa shape index (κ3) is 3.93. The minimum Gasteiger partial charge on any atom is -0.496 e. The highest BCUT2D eigenvalue weighted by molar-refractivity contribution is 9.09. The number of halogens is 1. The molecule has 0 radical (unpaired) electrons. The third-order valence-corrected chi connectivity index (χ3v) is 3.53. The van der Waals surface area contributed by atoms with Crippen LogP contribution in [-0.2, 0) is 5.75 Å². The van der Waals surface area contributed by atoms with Crippen LogP contribution < -0.4 is 4.74 Å². The number of hydrogen-bond acceptors (Lipinski definition) is 2. The largest absolute Gasteiger partial charge is 0.496 e. The second-order valence-electron chi connectivity index (χ2n) is 2.91. The average molecular weight is 275 g/mol. The van der Waals surface area contributed by atoms with Gasteiger partial charge in [-0.25, -0.2) is 0 Å². The van der Waals surface area contributed by atoms with Crippen LogP contribution in [0.4, 0.5) is 0 Å². The Kier molecular flexibility index (Phi) is 6.12. The molecule has 1 aromatic rings. The summed E-state index contributed by atoms with van der Waals surface area (Å²) in [4.78, 5) is 0. The molecule has 0 N–H and O–H groups in total. The van der Waals surface area contributed by atoms with Crippen LogP contribution in [-0.4, -0.2) is 18.2 Å². The van der Waals surface area contributed by atoms with E-state index in [4.69, 9.17) is 4.74 Å². The Balaban J connectivity index is 2.41. The van der Waals surface area contributed by atoms with Gasteiger partial charge in [-0.3, -0.25) is 0 Å². The van der Waals surface area contributed by atoms with E-state index in [2.05, 4.69) is 28.1 Å². The van der Waals surface area contributed by atoms with Gasteiger partial charge in [-0.15, -0.1) is 0 Å². The number of thioether (sulfide) groups is 1. The van der Waals surface area contributed by atoms with Crippen molar-refractivity contribution >= 4 is 27.7 Å². The molecule has 0 aliphatic carbocycles. The molecule has 0 atom stereocenters. The van der Waals surface area contributed by atoms with Crippen LogP contribution in [0.25, 0.3) is 0 Å². The van der Waals surface area contributed by atoms with Crippen LogP contribution in [0.15, 0.2) is 24.3 Å². The van der Waals surface area contributed by atoms with Crippen LogP contribution in [0.3, 0.4) is 0 Å². The molecule has 0 spiro atoms. The number of benzene rings is 1. The van der Waals surface area contributed by atoms with E-state index < -0.39 is 0 Å². The minimum absolute atomic E-state index is 0.999. The van der Waals surface area contributed by atoms with Crippen molar-refractivity contribution in [3.05, 3.63) is 29.8 Å². The highest BCUT2D eigenvalue weighted by atomic mass is 79.9. The number of alkyl halides is 1. The van der Waals surface area contributed by atoms with E-state index in [1.165, 1.54) is 17.7 Å². The number of methoxy groups -OCH3 is 1. The van der Waals surface area contributed by atoms with Crippen LogP contribution >= 0.6 is 27.7 Å². The highest BCUT2D eigenvalue weighted by Crippen LogP contribution is 2.22. The van der Waals surface area contributed by atoms with E-state index in [1.54, 1.807) is 7.11 Å². The lowest BCUT2D eigenvalue weighted by atomic mass is 10.2. The monoisotopic (exact) mass is 274 g/mol. The summed E-state index contributed by atoms with van der Waals surface area (Å²) in [6.07, 6.45) is 1.22. The van der Waals surface area contributed by atoms with E-state index in [0.29, 0.717) is 0 Å². The van der Waals surface area contributed by atoms with Gasteiger partial charge in [-0.2, -0.15) is 11.8 Å². The molecule has 1 aromatic carbocycles. The fourth-order valence-electron chi connectivity index (χ4n) is 1.16. The van der Waals surface area contributed by atoms with E-state index in [9.17, 15) is 0 Å². The van der Waals surface area contributed by atoms with Gasteiger partial charge in [-0.1, -0.05) is 34.1 Å². The maximum absolute atomic E-state index is 5.28. The maximum Gasteiger partial charge on any atom is 0.122 e. The standard InChI is InChI=1S/C11H15BrOS/c1-13-11-6-3-2-5-10(11)9-14-8-4-7-12/h2-3,5-6H,4,7-9H2,1H3. The molecule has 0 unspecified atom stereocenters. The van der Waals surface area contributed by atoms with Crippen molar-refractivity contribution in [2.75, 3.05) is 18.2 Å². The molecular formula is C11H15BrOS. The summed E-state index contributed by atoms with van der Waals surface area (Å²) in [6, 6.07) is 8.20. The van der Waals surface area contributed by atoms with Crippen molar-refractivity contribution in [1.29, 1.82) is 0 Å². The fourth-order valence-corrected chi connectivity index (χ4v) is 2.76. The van der Waals surface area contributed by atoms with Gasteiger partial charge in [0, 0.05) is 16.6 Å². The Hall–Kier alpha value is -0.150. The van der Waals surface area contributed by atoms with E-state index in [-0.39, 0.29) is 0 Å². The summed E-state index contributed by atoms with van der Waals surface area (Å²) in [5, 5.41) is 1.09. The predicted molar refractivity (Wildman–Crippen MR) is 67.6 cm³/mol. The molecule has 1 nitrogen and oxygen atoms in total. The Morgan fingerprint density at radius 1 is 1.36 bits per heavy atom. The van der Waals surface area contributed by atoms with Gasteiger partial charge in [-0.05, 0) is 18.2 Å². The lowest BCUT2D eigenvalue weighted by Crippen LogP contribution is -1.90. The Morgan fingerprint density at radius 2 is 2.14 bits per heavy atom. The van der Waals surface area contributed by atoms with E-state index >= 15 is 0 Å². The first-order valence-electron chi connectivity index (χ1n) is 4.64. The SMILES string of the molecule is COc1ccccc1CSCCCBr. The molecule has 78 valence electrons. The number of hydrogen-bond donors (Lipinski definition) is 0. The zero-order valence-electron chi connectivity index (χ0n) is 8.33. The van der Waals surface area contributed by atoms with Crippen molar-refractivity contribution in [3.8, 4) is 5.75 Å². The number of ether oxygens (including phenoxy) is 1. The first-order chi connectivity index (χ1) is 6.88. The summed E-state index contributed by atoms with van der Waals surface area (Å²) in [5.74, 6) is 3.24. The summed E-state index contributed by atoms with van der Waals surface area (Å²) in [5.41, 5.74) is 1.29. The smallest absolute Gasteiger partial charge is 0.122 e. The molecule has 0 bridgehead atoms. The first-order valence-corrected chi connectivity index (χ1v) is 6.91. The van der Waals surface area contributed by atoms with Crippen molar-refractivity contribution in [1.82, 2.24) is 0 Å². The molecule has 0 amide bonds. The van der Waals surface area contributed by atoms with E-state index in [0.717, 1.165) is 16.8 Å². The molecule has 0 fully saturated rings. The van der Waals surface area contributed by atoms with Gasteiger partial charge in [0.05, 0.1) is 7.11 Å². The molecule has 14 heavy (non-hydrogen) atoms. The van der Waals surface area contributed by atoms with Crippen LogP contribution in [0.5, 0.6) is 5.75 Å². The Morgan fingerprint density at radius 3 is 2.86 bits per heavy atom. The van der Waals surface area contributed by atoms with Crippen LogP contribution in [0.2, 0.25) is 0 Å². The molecule has 3 heteroatoms. The highest BCUT2D eigenvalue weighted by Gasteiger charge is 2.00. The van der Waals surface area contributed by atoms with E-state index in [1.807, 2.05) is 23.9 Å². The quantitative estimate of drug-likeness (QED) is 0.578. The number of para-hydroxylation sites is 1. The molecule has 0 saturated carbocycles. The van der Waals surface area contributed by atoms with Gasteiger partial charge in [0.25, 0.3) is 0 Å². The van der Waals surface area contributed by atoms with Gasteiger partial charge in [0.15, 0.2) is 0 Å². The lowest BCUT2D eigenvalue weighted by Gasteiger charge is -2.07. The van der Waals surface area contributed by atoms with Gasteiger partial charge in [0.2, 0.25) is 0 Å². The molecule has 0 saturated heterocycles. The molecular weight excluding hydrogens is 260 g/mol. The summed E-state index contributed by atoms with van der Waals surface area (Å²) in [6.45, 7) is 0. The van der Waals surface area contributed by atoms with Crippen molar-refractivity contribution in [2.45, 2.75) is 12.2 Å². The summed E-state index contributed by atoms with van der Waals surface area (Å²) >= 11 is 5.38.